The van der Waals surface area contributed by atoms with Gasteiger partial charge in [-0.2, -0.15) is 0 Å². The summed E-state index contributed by atoms with van der Waals surface area (Å²) in [5.41, 5.74) is 3.53. The van der Waals surface area contributed by atoms with Gasteiger partial charge in [-0.1, -0.05) is 30.3 Å². The van der Waals surface area contributed by atoms with E-state index in [2.05, 4.69) is 51.8 Å². The molecule has 0 aliphatic carbocycles. The molecule has 2 aromatic rings. The van der Waals surface area contributed by atoms with Gasteiger partial charge >= 0.3 is 6.03 Å². The molecule has 2 atom stereocenters. The molecule has 3 rings (SSSR count). The van der Waals surface area contributed by atoms with Crippen molar-refractivity contribution in [2.45, 2.75) is 19.4 Å². The third-order valence-electron chi connectivity index (χ3n) is 4.96. The predicted octanol–water partition coefficient (Wildman–Crippen LogP) is 2.53. The second-order valence-corrected chi connectivity index (χ2v) is 6.86. The van der Waals surface area contributed by atoms with Gasteiger partial charge in [-0.3, -0.25) is 4.98 Å². The molecular weight excluding hydrogens is 312 g/mol. The molecule has 0 bridgehead atoms. The fourth-order valence-electron chi connectivity index (χ4n) is 3.52. The number of pyridine rings is 1. The van der Waals surface area contributed by atoms with Crippen LogP contribution in [0.3, 0.4) is 0 Å². The minimum atomic E-state index is -0.121. The average Bonchev–Trinajstić information content (AvgIpc) is 3.01. The lowest BCUT2D eigenvalue weighted by molar-refractivity contribution is 0.238. The summed E-state index contributed by atoms with van der Waals surface area (Å²) in [5.74, 6) is 0.894. The molecule has 0 unspecified atom stereocenters. The summed E-state index contributed by atoms with van der Waals surface area (Å²) in [7, 11) is 2.14. The van der Waals surface area contributed by atoms with Gasteiger partial charge in [0.25, 0.3) is 0 Å². The highest BCUT2D eigenvalue weighted by atomic mass is 16.2. The summed E-state index contributed by atoms with van der Waals surface area (Å²) in [6, 6.07) is 12.4. The molecular formula is C20H26N4O. The first-order chi connectivity index (χ1) is 12.1. The van der Waals surface area contributed by atoms with E-state index in [-0.39, 0.29) is 6.03 Å². The highest BCUT2D eigenvalue weighted by Crippen LogP contribution is 2.31. The van der Waals surface area contributed by atoms with E-state index in [4.69, 9.17) is 0 Å². The zero-order valence-electron chi connectivity index (χ0n) is 14.9. The number of nitrogens with one attached hydrogen (secondary N) is 2. The third kappa shape index (κ3) is 4.57. The summed E-state index contributed by atoms with van der Waals surface area (Å²) >= 11 is 0. The van der Waals surface area contributed by atoms with E-state index in [1.54, 1.807) is 12.4 Å². The Hall–Kier alpha value is -2.40. The van der Waals surface area contributed by atoms with Crippen molar-refractivity contribution in [3.8, 4) is 0 Å². The number of carbonyl (C=O) groups is 1. The van der Waals surface area contributed by atoms with Gasteiger partial charge in [0.15, 0.2) is 0 Å². The van der Waals surface area contributed by atoms with Crippen molar-refractivity contribution in [2.24, 2.45) is 5.92 Å². The predicted molar refractivity (Wildman–Crippen MR) is 99.4 cm³/mol. The molecule has 1 aliphatic heterocycles. The molecule has 1 fully saturated rings. The molecule has 0 saturated carbocycles. The summed E-state index contributed by atoms with van der Waals surface area (Å²) < 4.78 is 0. The van der Waals surface area contributed by atoms with E-state index in [9.17, 15) is 4.79 Å². The number of likely N-dealkylation sites (tertiary alicyclic amines) is 1. The fourth-order valence-corrected chi connectivity index (χ4v) is 3.52. The van der Waals surface area contributed by atoms with Crippen LogP contribution in [0.1, 0.15) is 22.6 Å². The maximum absolute atomic E-state index is 12.2. The number of urea groups is 1. The van der Waals surface area contributed by atoms with Gasteiger partial charge < -0.3 is 15.5 Å². The van der Waals surface area contributed by atoms with Crippen LogP contribution in [0, 0.1) is 12.8 Å². The molecule has 25 heavy (non-hydrogen) atoms. The summed E-state index contributed by atoms with van der Waals surface area (Å²) in [5, 5.41) is 5.96. The molecule has 5 nitrogen and oxygen atoms in total. The van der Waals surface area contributed by atoms with E-state index in [0.717, 1.165) is 24.2 Å². The molecule has 132 valence electrons. The number of likely N-dealkylation sites (N-methyl/N-ethyl adjacent to an activating group) is 1. The minimum absolute atomic E-state index is 0.121. The Kier molecular flexibility index (Phi) is 5.66. The van der Waals surface area contributed by atoms with Gasteiger partial charge in [0.05, 0.1) is 0 Å². The molecule has 0 spiro atoms. The van der Waals surface area contributed by atoms with Crippen LogP contribution < -0.4 is 10.6 Å². The van der Waals surface area contributed by atoms with Crippen LogP contribution >= 0.6 is 0 Å². The van der Waals surface area contributed by atoms with Crippen molar-refractivity contribution >= 4 is 6.03 Å². The first-order valence-corrected chi connectivity index (χ1v) is 8.78. The lowest BCUT2D eigenvalue weighted by Gasteiger charge is -2.19. The van der Waals surface area contributed by atoms with Crippen LogP contribution in [0.4, 0.5) is 4.79 Å². The van der Waals surface area contributed by atoms with E-state index in [1.165, 1.54) is 5.56 Å². The highest BCUT2D eigenvalue weighted by molar-refractivity contribution is 5.73. The maximum atomic E-state index is 12.2. The highest BCUT2D eigenvalue weighted by Gasteiger charge is 2.31. The van der Waals surface area contributed by atoms with Crippen molar-refractivity contribution in [1.82, 2.24) is 20.5 Å². The molecule has 2 N–H and O–H groups in total. The average molecular weight is 338 g/mol. The minimum Gasteiger partial charge on any atom is -0.338 e. The number of aryl methyl sites for hydroxylation is 1. The zero-order chi connectivity index (χ0) is 17.6. The molecule has 1 saturated heterocycles. The molecule has 2 heterocycles. The lowest BCUT2D eigenvalue weighted by atomic mass is 9.89. The third-order valence-corrected chi connectivity index (χ3v) is 4.96. The van der Waals surface area contributed by atoms with Crippen molar-refractivity contribution in [1.29, 1.82) is 0 Å². The van der Waals surface area contributed by atoms with Crippen molar-refractivity contribution in [3.05, 3.63) is 65.5 Å². The van der Waals surface area contributed by atoms with Crippen LogP contribution in [-0.4, -0.2) is 42.6 Å². The topological polar surface area (TPSA) is 57.3 Å². The van der Waals surface area contributed by atoms with Crippen LogP contribution in [0.25, 0.3) is 0 Å². The summed E-state index contributed by atoms with van der Waals surface area (Å²) in [6.45, 7) is 5.24. The van der Waals surface area contributed by atoms with Gasteiger partial charge in [0, 0.05) is 44.5 Å². The Morgan fingerprint density at radius 2 is 2.00 bits per heavy atom. The van der Waals surface area contributed by atoms with Gasteiger partial charge in [-0.25, -0.2) is 4.79 Å². The maximum Gasteiger partial charge on any atom is 0.315 e. The number of hydrogen-bond acceptors (Lipinski definition) is 3. The molecule has 2 amide bonds. The summed E-state index contributed by atoms with van der Waals surface area (Å²) in [6.07, 6.45) is 3.56. The van der Waals surface area contributed by atoms with E-state index in [0.29, 0.717) is 24.9 Å². The molecule has 5 heteroatoms. The van der Waals surface area contributed by atoms with Gasteiger partial charge in [0.1, 0.15) is 0 Å². The van der Waals surface area contributed by atoms with Crippen molar-refractivity contribution in [2.75, 3.05) is 26.7 Å². The van der Waals surface area contributed by atoms with Crippen LogP contribution in [0.5, 0.6) is 0 Å². The number of aromatic nitrogens is 1. The Morgan fingerprint density at radius 1 is 1.20 bits per heavy atom. The van der Waals surface area contributed by atoms with E-state index < -0.39 is 0 Å². The number of amides is 2. The lowest BCUT2D eigenvalue weighted by Crippen LogP contribution is -2.39. The Balaban J connectivity index is 1.51. The Bertz CT molecular complexity index is 704. The molecule has 1 aromatic carbocycles. The van der Waals surface area contributed by atoms with Crippen molar-refractivity contribution < 1.29 is 4.79 Å². The van der Waals surface area contributed by atoms with Crippen LogP contribution in [-0.2, 0) is 6.54 Å². The first-order valence-electron chi connectivity index (χ1n) is 8.78. The van der Waals surface area contributed by atoms with Crippen LogP contribution in [0.2, 0.25) is 0 Å². The zero-order valence-corrected chi connectivity index (χ0v) is 14.9. The molecule has 0 radical (unpaired) electrons. The number of carbonyl (C=O) groups excluding carboxylic acids is 1. The van der Waals surface area contributed by atoms with Crippen LogP contribution in [0.15, 0.2) is 48.8 Å². The second kappa shape index (κ2) is 8.12. The quantitative estimate of drug-likeness (QED) is 0.881. The van der Waals surface area contributed by atoms with Gasteiger partial charge in [-0.15, -0.1) is 0 Å². The standard InChI is InChI=1S/C20H26N4O/c1-15-8-9-21-10-17(15)11-22-20(25)23-12-18-13-24(2)14-19(18)16-6-4-3-5-7-16/h3-10,18-19H,11-14H2,1-2H3,(H2,22,23,25)/t18-,19+/m0/s1. The number of hydrogen-bond donors (Lipinski definition) is 2. The monoisotopic (exact) mass is 338 g/mol. The molecule has 1 aliphatic rings. The number of rotatable bonds is 5. The Labute approximate surface area is 149 Å². The van der Waals surface area contributed by atoms with E-state index >= 15 is 0 Å². The normalized spacial score (nSPS) is 20.4. The fraction of sp³-hybridized carbons (Fsp3) is 0.400. The smallest absolute Gasteiger partial charge is 0.315 e. The SMILES string of the molecule is Cc1ccncc1CNC(=O)NC[C@H]1CN(C)C[C@@H]1c1ccccc1. The second-order valence-electron chi connectivity index (χ2n) is 6.86. The van der Waals surface area contributed by atoms with Crippen molar-refractivity contribution in [3.63, 3.8) is 0 Å². The first kappa shape index (κ1) is 17.4. The number of benzene rings is 1. The van der Waals surface area contributed by atoms with Gasteiger partial charge in [-0.05, 0) is 42.6 Å². The Morgan fingerprint density at radius 3 is 2.76 bits per heavy atom. The largest absolute Gasteiger partial charge is 0.338 e. The summed E-state index contributed by atoms with van der Waals surface area (Å²) in [4.78, 5) is 18.6. The molecule has 1 aromatic heterocycles. The number of nitrogens with zero attached hydrogens (tertiary/aromatic N) is 2. The van der Waals surface area contributed by atoms with E-state index in [1.807, 2.05) is 19.1 Å². The van der Waals surface area contributed by atoms with Gasteiger partial charge in [0.2, 0.25) is 0 Å².